The smallest absolute Gasteiger partial charge is 0.240 e. The molecule has 1 aromatic carbocycles. The van der Waals surface area contributed by atoms with Gasteiger partial charge in [0.1, 0.15) is 17.4 Å². The molecule has 0 aliphatic carbocycles. The first-order chi connectivity index (χ1) is 14.4. The van der Waals surface area contributed by atoms with Crippen molar-refractivity contribution < 1.29 is 14.0 Å². The van der Waals surface area contributed by atoms with Crippen molar-refractivity contribution in [2.45, 2.75) is 13.8 Å². The van der Waals surface area contributed by atoms with Crippen molar-refractivity contribution in [1.82, 2.24) is 9.80 Å². The number of nitrogens with zero attached hydrogens (tertiary/aromatic N) is 3. The number of carbonyl (C=O) groups excluding carboxylic acids is 2. The second-order valence-electron chi connectivity index (χ2n) is 7.23. The summed E-state index contributed by atoms with van der Waals surface area (Å²) in [6.45, 7) is 6.67. The first-order valence-corrected chi connectivity index (χ1v) is 10.0. The van der Waals surface area contributed by atoms with Gasteiger partial charge in [-0.25, -0.2) is 0 Å². The molecule has 9 heteroatoms. The molecule has 2 N–H and O–H groups in total. The van der Waals surface area contributed by atoms with Crippen LogP contribution < -0.4 is 10.6 Å². The van der Waals surface area contributed by atoms with Crippen molar-refractivity contribution in [2.75, 3.05) is 49.9 Å². The van der Waals surface area contributed by atoms with Crippen LogP contribution in [0, 0.1) is 25.2 Å². The monoisotopic (exact) mass is 429 g/mol. The van der Waals surface area contributed by atoms with Gasteiger partial charge >= 0.3 is 0 Å². The summed E-state index contributed by atoms with van der Waals surface area (Å²) in [5.41, 5.74) is 1.69. The molecule has 0 unspecified atom stereocenters. The number of hydrogen-bond acceptors (Lipinski definition) is 6. The minimum absolute atomic E-state index is 0.123. The predicted octanol–water partition coefficient (Wildman–Crippen LogP) is 2.62. The van der Waals surface area contributed by atoms with Crippen LogP contribution in [0.5, 0.6) is 0 Å². The van der Waals surface area contributed by atoms with Crippen LogP contribution in [-0.2, 0) is 9.59 Å². The SMILES string of the molecule is Cc1oc(NC(=O)CN2CCN(CC(=O)Nc3ccccc3Cl)CC2)c(C#N)c1C. The number of hydrogen-bond donors (Lipinski definition) is 2. The molecule has 2 amide bonds. The van der Waals surface area contributed by atoms with Gasteiger partial charge < -0.3 is 9.73 Å². The molecule has 0 saturated carbocycles. The number of para-hydroxylation sites is 1. The maximum atomic E-state index is 12.4. The van der Waals surface area contributed by atoms with Crippen LogP contribution in [0.1, 0.15) is 16.9 Å². The normalized spacial score (nSPS) is 14.9. The van der Waals surface area contributed by atoms with Crippen LogP contribution in [-0.4, -0.2) is 60.9 Å². The van der Waals surface area contributed by atoms with Crippen LogP contribution >= 0.6 is 11.6 Å². The molecule has 1 saturated heterocycles. The van der Waals surface area contributed by atoms with Gasteiger partial charge in [-0.2, -0.15) is 5.26 Å². The van der Waals surface area contributed by atoms with Gasteiger partial charge in [-0.15, -0.1) is 0 Å². The lowest BCUT2D eigenvalue weighted by atomic mass is 10.2. The Bertz CT molecular complexity index is 974. The molecule has 3 rings (SSSR count). The van der Waals surface area contributed by atoms with Crippen molar-refractivity contribution in [3.8, 4) is 6.07 Å². The molecule has 0 radical (unpaired) electrons. The van der Waals surface area contributed by atoms with E-state index in [9.17, 15) is 14.9 Å². The molecular weight excluding hydrogens is 406 g/mol. The number of nitrogens with one attached hydrogen (secondary N) is 2. The summed E-state index contributed by atoms with van der Waals surface area (Å²) in [4.78, 5) is 28.7. The van der Waals surface area contributed by atoms with Crippen LogP contribution in [0.3, 0.4) is 0 Å². The third-order valence-corrected chi connectivity index (χ3v) is 5.43. The number of halogens is 1. The quantitative estimate of drug-likeness (QED) is 0.731. The van der Waals surface area contributed by atoms with Gasteiger partial charge in [0.15, 0.2) is 0 Å². The number of rotatable bonds is 6. The molecule has 2 aromatic rings. The van der Waals surface area contributed by atoms with E-state index < -0.39 is 0 Å². The number of anilines is 2. The zero-order valence-electron chi connectivity index (χ0n) is 17.0. The van der Waals surface area contributed by atoms with Crippen molar-refractivity contribution in [1.29, 1.82) is 5.26 Å². The van der Waals surface area contributed by atoms with E-state index in [-0.39, 0.29) is 30.8 Å². The summed E-state index contributed by atoms with van der Waals surface area (Å²) in [7, 11) is 0. The third-order valence-electron chi connectivity index (χ3n) is 5.10. The van der Waals surface area contributed by atoms with E-state index in [1.165, 1.54) is 0 Å². The maximum Gasteiger partial charge on any atom is 0.240 e. The Morgan fingerprint density at radius 3 is 2.20 bits per heavy atom. The molecule has 158 valence electrons. The highest BCUT2D eigenvalue weighted by atomic mass is 35.5. The second-order valence-corrected chi connectivity index (χ2v) is 7.63. The molecule has 8 nitrogen and oxygen atoms in total. The summed E-state index contributed by atoms with van der Waals surface area (Å²) < 4.78 is 5.48. The lowest BCUT2D eigenvalue weighted by molar-refractivity contribution is -0.120. The Kier molecular flexibility index (Phi) is 7.11. The van der Waals surface area contributed by atoms with Crippen molar-refractivity contribution >= 4 is 35.0 Å². The largest absolute Gasteiger partial charge is 0.444 e. The fourth-order valence-electron chi connectivity index (χ4n) is 3.28. The molecule has 0 spiro atoms. The summed E-state index contributed by atoms with van der Waals surface area (Å²) in [5, 5.41) is 15.2. The number of furan rings is 1. The lowest BCUT2D eigenvalue weighted by Gasteiger charge is -2.33. The van der Waals surface area contributed by atoms with Crippen LogP contribution in [0.4, 0.5) is 11.6 Å². The van der Waals surface area contributed by atoms with E-state index in [1.54, 1.807) is 26.0 Å². The Morgan fingerprint density at radius 2 is 1.63 bits per heavy atom. The summed E-state index contributed by atoms with van der Waals surface area (Å²) in [6, 6.07) is 9.18. The molecule has 1 aromatic heterocycles. The first-order valence-electron chi connectivity index (χ1n) is 9.66. The zero-order valence-corrected chi connectivity index (χ0v) is 17.8. The first kappa shape index (κ1) is 21.8. The number of benzene rings is 1. The minimum Gasteiger partial charge on any atom is -0.444 e. The minimum atomic E-state index is -0.231. The van der Waals surface area contributed by atoms with Crippen LogP contribution in [0.15, 0.2) is 28.7 Å². The lowest BCUT2D eigenvalue weighted by Crippen LogP contribution is -2.50. The topological polar surface area (TPSA) is 102 Å². The van der Waals surface area contributed by atoms with E-state index in [2.05, 4.69) is 16.7 Å². The highest BCUT2D eigenvalue weighted by molar-refractivity contribution is 6.33. The highest BCUT2D eigenvalue weighted by Gasteiger charge is 2.22. The highest BCUT2D eigenvalue weighted by Crippen LogP contribution is 2.25. The Hall–Kier alpha value is -2.86. The van der Waals surface area contributed by atoms with Gasteiger partial charge in [-0.05, 0) is 26.0 Å². The van der Waals surface area contributed by atoms with Crippen molar-refractivity contribution in [3.05, 3.63) is 46.2 Å². The van der Waals surface area contributed by atoms with Crippen LogP contribution in [0.25, 0.3) is 0 Å². The Balaban J connectivity index is 1.44. The van der Waals surface area contributed by atoms with Gasteiger partial charge in [0.05, 0.1) is 23.8 Å². The van der Waals surface area contributed by atoms with E-state index in [1.807, 2.05) is 21.9 Å². The molecule has 1 aliphatic rings. The fourth-order valence-corrected chi connectivity index (χ4v) is 3.46. The van der Waals surface area contributed by atoms with E-state index in [0.717, 1.165) is 5.56 Å². The Labute approximate surface area is 180 Å². The maximum absolute atomic E-state index is 12.4. The average Bonchev–Trinajstić information content (AvgIpc) is 2.97. The number of nitriles is 1. The van der Waals surface area contributed by atoms with Crippen molar-refractivity contribution in [3.63, 3.8) is 0 Å². The number of amides is 2. The van der Waals surface area contributed by atoms with Crippen LogP contribution in [0.2, 0.25) is 5.02 Å². The number of carbonyl (C=O) groups is 2. The zero-order chi connectivity index (χ0) is 21.7. The Morgan fingerprint density at radius 1 is 1.07 bits per heavy atom. The fraction of sp³-hybridized carbons (Fsp3) is 0.381. The summed E-state index contributed by atoms with van der Waals surface area (Å²) >= 11 is 6.07. The summed E-state index contributed by atoms with van der Waals surface area (Å²) in [5.74, 6) is 0.463. The standard InChI is InChI=1S/C21H24ClN5O3/c1-14-15(2)30-21(16(14)11-23)25-20(29)13-27-9-7-26(8-10-27)12-19(28)24-18-6-4-3-5-17(18)22/h3-6H,7-10,12-13H2,1-2H3,(H,24,28)(H,25,29). The molecule has 30 heavy (non-hydrogen) atoms. The third kappa shape index (κ3) is 5.39. The number of piperazine rings is 1. The van der Waals surface area contributed by atoms with Gasteiger partial charge in [-0.1, -0.05) is 23.7 Å². The van der Waals surface area contributed by atoms with E-state index >= 15 is 0 Å². The molecular formula is C21H24ClN5O3. The molecule has 2 heterocycles. The predicted molar refractivity (Wildman–Crippen MR) is 114 cm³/mol. The van der Waals surface area contributed by atoms with Gasteiger partial charge in [0.2, 0.25) is 17.7 Å². The summed E-state index contributed by atoms with van der Waals surface area (Å²) in [6.07, 6.45) is 0. The van der Waals surface area contributed by atoms with Crippen molar-refractivity contribution in [2.24, 2.45) is 0 Å². The van der Waals surface area contributed by atoms with E-state index in [4.69, 9.17) is 16.0 Å². The number of aryl methyl sites for hydroxylation is 1. The average molecular weight is 430 g/mol. The molecule has 0 atom stereocenters. The molecule has 0 bridgehead atoms. The second kappa shape index (κ2) is 9.76. The van der Waals surface area contributed by atoms with E-state index in [0.29, 0.717) is 48.2 Å². The molecule has 1 fully saturated rings. The van der Waals surface area contributed by atoms with Gasteiger partial charge in [-0.3, -0.25) is 24.7 Å². The van der Waals surface area contributed by atoms with Gasteiger partial charge in [0, 0.05) is 31.7 Å². The van der Waals surface area contributed by atoms with Gasteiger partial charge in [0.25, 0.3) is 0 Å². The molecule has 1 aliphatic heterocycles.